The lowest BCUT2D eigenvalue weighted by molar-refractivity contribution is -0.384. The maximum absolute atomic E-state index is 11.1. The fourth-order valence-electron chi connectivity index (χ4n) is 1.93. The van der Waals surface area contributed by atoms with Gasteiger partial charge in [-0.15, -0.1) is 0 Å². The first kappa shape index (κ1) is 17.0. The van der Waals surface area contributed by atoms with Crippen LogP contribution in [0.3, 0.4) is 0 Å². The molecule has 2 N–H and O–H groups in total. The van der Waals surface area contributed by atoms with Crippen molar-refractivity contribution in [3.63, 3.8) is 0 Å². The van der Waals surface area contributed by atoms with Gasteiger partial charge in [-0.2, -0.15) is 0 Å². The summed E-state index contributed by atoms with van der Waals surface area (Å²) < 4.78 is 10.2. The Kier molecular flexibility index (Phi) is 6.74. The Morgan fingerprint density at radius 3 is 2.48 bits per heavy atom. The van der Waals surface area contributed by atoms with Crippen molar-refractivity contribution < 1.29 is 19.5 Å². The Morgan fingerprint density at radius 2 is 1.95 bits per heavy atom. The fraction of sp³-hybridized carbons (Fsp3) is 0.571. The van der Waals surface area contributed by atoms with E-state index in [0.717, 1.165) is 12.8 Å². The van der Waals surface area contributed by atoms with E-state index in [1.54, 1.807) is 6.07 Å². The molecule has 0 fully saturated rings. The van der Waals surface area contributed by atoms with Crippen molar-refractivity contribution in [1.29, 1.82) is 0 Å². The van der Waals surface area contributed by atoms with Gasteiger partial charge in [0.25, 0.3) is 5.69 Å². The molecule has 0 aliphatic heterocycles. The third-order valence-corrected chi connectivity index (χ3v) is 3.20. The third kappa shape index (κ3) is 4.78. The quantitative estimate of drug-likeness (QED) is 0.413. The van der Waals surface area contributed by atoms with Gasteiger partial charge in [-0.1, -0.05) is 6.92 Å². The minimum atomic E-state index is -0.458. The maximum atomic E-state index is 11.1. The van der Waals surface area contributed by atoms with Gasteiger partial charge in [-0.3, -0.25) is 10.1 Å². The van der Waals surface area contributed by atoms with Crippen LogP contribution in [0.15, 0.2) is 12.1 Å². The number of methoxy groups -OCH3 is 2. The van der Waals surface area contributed by atoms with Crippen LogP contribution in [0.25, 0.3) is 0 Å². The van der Waals surface area contributed by atoms with E-state index in [1.807, 2.05) is 6.92 Å². The molecule has 0 radical (unpaired) electrons. The van der Waals surface area contributed by atoms with Gasteiger partial charge in [0.05, 0.1) is 25.2 Å². The molecule has 0 bridgehead atoms. The Labute approximate surface area is 124 Å². The normalized spacial score (nSPS) is 11.8. The fourth-order valence-corrected chi connectivity index (χ4v) is 1.93. The van der Waals surface area contributed by atoms with E-state index in [2.05, 4.69) is 5.32 Å². The molecule has 0 saturated heterocycles. The number of aliphatic hydroxyl groups is 1. The zero-order chi connectivity index (χ0) is 15.8. The number of anilines is 1. The van der Waals surface area contributed by atoms with Crippen LogP contribution < -0.4 is 14.8 Å². The topological polar surface area (TPSA) is 93.9 Å². The standard InChI is InChI=1S/C14H22N2O5/c1-10(9-17)5-4-6-15-11-7-13(20-2)14(21-3)8-12(11)16(18)19/h7-8,10,15,17H,4-6,9H2,1-3H3. The Bertz CT molecular complexity index is 479. The Balaban J connectivity index is 2.81. The summed E-state index contributed by atoms with van der Waals surface area (Å²) in [6, 6.07) is 2.91. The minimum absolute atomic E-state index is 0.0529. The van der Waals surface area contributed by atoms with Crippen molar-refractivity contribution in [1.82, 2.24) is 0 Å². The molecule has 0 aliphatic carbocycles. The van der Waals surface area contributed by atoms with Crippen LogP contribution in [0.5, 0.6) is 11.5 Å². The second-order valence-electron chi connectivity index (χ2n) is 4.84. The number of aliphatic hydroxyl groups excluding tert-OH is 1. The number of benzene rings is 1. The van der Waals surface area contributed by atoms with E-state index in [0.29, 0.717) is 23.7 Å². The van der Waals surface area contributed by atoms with E-state index in [4.69, 9.17) is 14.6 Å². The monoisotopic (exact) mass is 298 g/mol. The van der Waals surface area contributed by atoms with Crippen molar-refractivity contribution in [2.75, 3.05) is 32.7 Å². The summed E-state index contributed by atoms with van der Waals surface area (Å²) in [4.78, 5) is 10.7. The molecule has 0 aliphatic rings. The summed E-state index contributed by atoms with van der Waals surface area (Å²) in [7, 11) is 2.92. The Morgan fingerprint density at radius 1 is 1.33 bits per heavy atom. The molecule has 7 heteroatoms. The van der Waals surface area contributed by atoms with Crippen LogP contribution in [-0.2, 0) is 0 Å². The van der Waals surface area contributed by atoms with Crippen LogP contribution in [0.1, 0.15) is 19.8 Å². The Hall–Kier alpha value is -2.02. The summed E-state index contributed by atoms with van der Waals surface area (Å²) in [6.07, 6.45) is 1.66. The number of nitrogens with one attached hydrogen (secondary N) is 1. The first-order chi connectivity index (χ1) is 10.0. The van der Waals surface area contributed by atoms with E-state index in [9.17, 15) is 10.1 Å². The summed E-state index contributed by atoms with van der Waals surface area (Å²) >= 11 is 0. The van der Waals surface area contributed by atoms with Crippen LogP contribution in [-0.4, -0.2) is 37.4 Å². The summed E-state index contributed by atoms with van der Waals surface area (Å²) in [6.45, 7) is 2.69. The second kappa shape index (κ2) is 8.31. The molecule has 0 spiro atoms. The average molecular weight is 298 g/mol. The second-order valence-corrected chi connectivity index (χ2v) is 4.84. The molecule has 1 aromatic carbocycles. The summed E-state index contributed by atoms with van der Waals surface area (Å²) in [5.41, 5.74) is 0.345. The third-order valence-electron chi connectivity index (χ3n) is 3.20. The van der Waals surface area contributed by atoms with Gasteiger partial charge in [0, 0.05) is 19.2 Å². The molecule has 1 rings (SSSR count). The number of rotatable bonds is 9. The molecule has 1 aromatic rings. The highest BCUT2D eigenvalue weighted by Gasteiger charge is 2.19. The number of nitrogens with zero attached hydrogens (tertiary/aromatic N) is 1. The molecule has 0 amide bonds. The molecule has 1 unspecified atom stereocenters. The van der Waals surface area contributed by atoms with Gasteiger partial charge >= 0.3 is 0 Å². The van der Waals surface area contributed by atoms with E-state index in [-0.39, 0.29) is 18.2 Å². The van der Waals surface area contributed by atoms with E-state index in [1.165, 1.54) is 20.3 Å². The van der Waals surface area contributed by atoms with E-state index >= 15 is 0 Å². The van der Waals surface area contributed by atoms with Crippen LogP contribution in [0.2, 0.25) is 0 Å². The highest BCUT2D eigenvalue weighted by atomic mass is 16.6. The van der Waals surface area contributed by atoms with Gasteiger partial charge in [0.1, 0.15) is 5.69 Å². The van der Waals surface area contributed by atoms with Crippen LogP contribution >= 0.6 is 0 Å². The lowest BCUT2D eigenvalue weighted by atomic mass is 10.1. The van der Waals surface area contributed by atoms with E-state index < -0.39 is 4.92 Å². The lowest BCUT2D eigenvalue weighted by Crippen LogP contribution is -2.08. The molecular weight excluding hydrogens is 276 g/mol. The highest BCUT2D eigenvalue weighted by Crippen LogP contribution is 2.37. The molecule has 0 saturated carbocycles. The number of hydrogen-bond acceptors (Lipinski definition) is 6. The smallest absolute Gasteiger partial charge is 0.296 e. The SMILES string of the molecule is COc1cc(NCCCC(C)CO)c([N+](=O)[O-])cc1OC. The largest absolute Gasteiger partial charge is 0.493 e. The maximum Gasteiger partial charge on any atom is 0.296 e. The minimum Gasteiger partial charge on any atom is -0.493 e. The van der Waals surface area contributed by atoms with Gasteiger partial charge in [-0.05, 0) is 18.8 Å². The molecule has 7 nitrogen and oxygen atoms in total. The predicted molar refractivity (Wildman–Crippen MR) is 80.2 cm³/mol. The number of nitro groups is 1. The predicted octanol–water partition coefficient (Wildman–Crippen LogP) is 2.43. The first-order valence-corrected chi connectivity index (χ1v) is 6.78. The number of hydrogen-bond donors (Lipinski definition) is 2. The van der Waals surface area contributed by atoms with Crippen molar-refractivity contribution in [2.45, 2.75) is 19.8 Å². The molecule has 0 aromatic heterocycles. The first-order valence-electron chi connectivity index (χ1n) is 6.78. The van der Waals surface area contributed by atoms with Crippen molar-refractivity contribution in [3.05, 3.63) is 22.2 Å². The van der Waals surface area contributed by atoms with Gasteiger partial charge in [0.2, 0.25) is 0 Å². The molecule has 21 heavy (non-hydrogen) atoms. The summed E-state index contributed by atoms with van der Waals surface area (Å²) in [5.74, 6) is 0.991. The molecule has 118 valence electrons. The van der Waals surface area contributed by atoms with Crippen LogP contribution in [0.4, 0.5) is 11.4 Å². The zero-order valence-electron chi connectivity index (χ0n) is 12.6. The molecular formula is C14H22N2O5. The summed E-state index contributed by atoms with van der Waals surface area (Å²) in [5, 5.41) is 23.1. The zero-order valence-corrected chi connectivity index (χ0v) is 12.6. The van der Waals surface area contributed by atoms with Crippen molar-refractivity contribution in [3.8, 4) is 11.5 Å². The number of nitro benzene ring substituents is 1. The van der Waals surface area contributed by atoms with Gasteiger partial charge in [0.15, 0.2) is 11.5 Å². The van der Waals surface area contributed by atoms with Gasteiger partial charge in [-0.25, -0.2) is 0 Å². The van der Waals surface area contributed by atoms with Crippen LogP contribution in [0, 0.1) is 16.0 Å². The molecule has 0 heterocycles. The number of ether oxygens (including phenoxy) is 2. The van der Waals surface area contributed by atoms with Crippen molar-refractivity contribution >= 4 is 11.4 Å². The highest BCUT2D eigenvalue weighted by molar-refractivity contribution is 5.68. The average Bonchev–Trinajstić information content (AvgIpc) is 2.50. The lowest BCUT2D eigenvalue weighted by Gasteiger charge is -2.13. The van der Waals surface area contributed by atoms with Crippen molar-refractivity contribution in [2.24, 2.45) is 5.92 Å². The van der Waals surface area contributed by atoms with Gasteiger partial charge < -0.3 is 19.9 Å². The molecule has 1 atom stereocenters.